The average molecular weight is 476 g/mol. The summed E-state index contributed by atoms with van der Waals surface area (Å²) in [5, 5.41) is 4.26. The summed E-state index contributed by atoms with van der Waals surface area (Å²) in [5.74, 6) is -0.564. The molecule has 3 rings (SSSR count). The Bertz CT molecular complexity index is 1140. The predicted molar refractivity (Wildman–Crippen MR) is 124 cm³/mol. The zero-order chi connectivity index (χ0) is 23.5. The van der Waals surface area contributed by atoms with Crippen LogP contribution in [0.25, 0.3) is 22.2 Å². The van der Waals surface area contributed by atoms with Gasteiger partial charge in [0.25, 0.3) is 0 Å². The second-order valence-corrected chi connectivity index (χ2v) is 8.94. The van der Waals surface area contributed by atoms with Gasteiger partial charge in [-0.2, -0.15) is 0 Å². The number of nitrogens with zero attached hydrogens (tertiary/aromatic N) is 2. The summed E-state index contributed by atoms with van der Waals surface area (Å²) in [6.07, 6.45) is 2.57. The Morgan fingerprint density at radius 1 is 1.09 bits per heavy atom. The molecule has 0 saturated carbocycles. The van der Waals surface area contributed by atoms with Crippen LogP contribution >= 0.6 is 23.2 Å². The highest BCUT2D eigenvalue weighted by molar-refractivity contribution is 6.38. The van der Waals surface area contributed by atoms with E-state index in [1.165, 1.54) is 19.5 Å². The van der Waals surface area contributed by atoms with Crippen LogP contribution in [0.2, 0.25) is 10.0 Å². The summed E-state index contributed by atoms with van der Waals surface area (Å²) in [6, 6.07) is 8.38. The van der Waals surface area contributed by atoms with Gasteiger partial charge in [-0.15, -0.1) is 0 Å². The van der Waals surface area contributed by atoms with Gasteiger partial charge in [-0.1, -0.05) is 35.3 Å². The van der Waals surface area contributed by atoms with E-state index in [-0.39, 0.29) is 6.42 Å². The molecule has 1 N–H and O–H groups in total. The number of halogens is 2. The van der Waals surface area contributed by atoms with Gasteiger partial charge in [0.15, 0.2) is 0 Å². The fourth-order valence-corrected chi connectivity index (χ4v) is 3.68. The standard InChI is InChI=1S/C23H23Cl2N3O4/c1-23(2,3)32-22(30)28-19(21(29)31-4)10-13-5-7-17-14(9-13)6-8-18(27-17)20-15(24)11-26-12-16(20)25/h5-9,11-12,19H,10H2,1-4H3,(H,28,30)/t19-/m0/s1. The van der Waals surface area contributed by atoms with Crippen molar-refractivity contribution in [3.05, 3.63) is 58.3 Å². The molecule has 0 bridgehead atoms. The monoisotopic (exact) mass is 475 g/mol. The van der Waals surface area contributed by atoms with Crippen molar-refractivity contribution in [3.63, 3.8) is 0 Å². The number of benzene rings is 1. The van der Waals surface area contributed by atoms with E-state index >= 15 is 0 Å². The molecule has 1 amide bonds. The maximum absolute atomic E-state index is 12.2. The van der Waals surface area contributed by atoms with Crippen LogP contribution in [0.5, 0.6) is 0 Å². The molecule has 0 saturated heterocycles. The molecule has 0 radical (unpaired) electrons. The topological polar surface area (TPSA) is 90.4 Å². The molecular weight excluding hydrogens is 453 g/mol. The maximum Gasteiger partial charge on any atom is 0.408 e. The van der Waals surface area contributed by atoms with Crippen molar-refractivity contribution >= 4 is 46.2 Å². The van der Waals surface area contributed by atoms with Gasteiger partial charge in [0, 0.05) is 29.8 Å². The molecule has 2 aromatic heterocycles. The molecule has 32 heavy (non-hydrogen) atoms. The first-order chi connectivity index (χ1) is 15.1. The lowest BCUT2D eigenvalue weighted by atomic mass is 10.0. The van der Waals surface area contributed by atoms with Gasteiger partial charge in [0.2, 0.25) is 0 Å². The third-order valence-electron chi connectivity index (χ3n) is 4.48. The van der Waals surface area contributed by atoms with E-state index in [2.05, 4.69) is 15.3 Å². The van der Waals surface area contributed by atoms with Gasteiger partial charge in [0.1, 0.15) is 11.6 Å². The molecule has 0 fully saturated rings. The zero-order valence-corrected chi connectivity index (χ0v) is 19.6. The smallest absolute Gasteiger partial charge is 0.408 e. The number of nitrogens with one attached hydrogen (secondary N) is 1. The third-order valence-corrected chi connectivity index (χ3v) is 5.05. The molecular formula is C23H23Cl2N3O4. The normalized spacial score (nSPS) is 12.3. The van der Waals surface area contributed by atoms with Crippen molar-refractivity contribution in [2.75, 3.05) is 7.11 Å². The Labute approximate surface area is 196 Å². The number of pyridine rings is 2. The van der Waals surface area contributed by atoms with Gasteiger partial charge in [-0.25, -0.2) is 14.6 Å². The number of hydrogen-bond acceptors (Lipinski definition) is 6. The van der Waals surface area contributed by atoms with E-state index < -0.39 is 23.7 Å². The molecule has 9 heteroatoms. The van der Waals surface area contributed by atoms with Gasteiger partial charge in [-0.3, -0.25) is 4.98 Å². The van der Waals surface area contributed by atoms with E-state index in [0.29, 0.717) is 21.3 Å². The fourth-order valence-electron chi connectivity index (χ4n) is 3.12. The lowest BCUT2D eigenvalue weighted by Gasteiger charge is -2.22. The Morgan fingerprint density at radius 2 is 1.78 bits per heavy atom. The largest absolute Gasteiger partial charge is 0.467 e. The average Bonchev–Trinajstić information content (AvgIpc) is 2.71. The van der Waals surface area contributed by atoms with Crippen LogP contribution in [0.15, 0.2) is 42.7 Å². The number of esters is 1. The molecule has 3 aromatic rings. The second kappa shape index (κ2) is 9.71. The number of aromatic nitrogens is 2. The first-order valence-electron chi connectivity index (χ1n) is 9.84. The molecule has 0 spiro atoms. The second-order valence-electron chi connectivity index (χ2n) is 8.13. The van der Waals surface area contributed by atoms with Gasteiger partial charge < -0.3 is 14.8 Å². The highest BCUT2D eigenvalue weighted by Crippen LogP contribution is 2.33. The number of fused-ring (bicyclic) bond motifs is 1. The van der Waals surface area contributed by atoms with Crippen LogP contribution in [0.1, 0.15) is 26.3 Å². The van der Waals surface area contributed by atoms with Crippen LogP contribution in [-0.2, 0) is 20.7 Å². The summed E-state index contributed by atoms with van der Waals surface area (Å²) in [4.78, 5) is 33.0. The number of amides is 1. The first kappa shape index (κ1) is 23.8. The van der Waals surface area contributed by atoms with Crippen LogP contribution in [0.3, 0.4) is 0 Å². The Balaban J connectivity index is 1.85. The number of carbonyl (C=O) groups excluding carboxylic acids is 2. The molecule has 1 aromatic carbocycles. The van der Waals surface area contributed by atoms with Crippen molar-refractivity contribution < 1.29 is 19.1 Å². The van der Waals surface area contributed by atoms with E-state index in [9.17, 15) is 9.59 Å². The van der Waals surface area contributed by atoms with Gasteiger partial charge >= 0.3 is 12.1 Å². The van der Waals surface area contributed by atoms with Crippen molar-refractivity contribution in [3.8, 4) is 11.3 Å². The first-order valence-corrected chi connectivity index (χ1v) is 10.6. The maximum atomic E-state index is 12.2. The minimum absolute atomic E-state index is 0.228. The number of ether oxygens (including phenoxy) is 2. The van der Waals surface area contributed by atoms with Crippen LogP contribution < -0.4 is 5.32 Å². The van der Waals surface area contributed by atoms with Crippen molar-refractivity contribution in [2.24, 2.45) is 0 Å². The van der Waals surface area contributed by atoms with Crippen LogP contribution in [-0.4, -0.2) is 40.8 Å². The lowest BCUT2D eigenvalue weighted by Crippen LogP contribution is -2.45. The number of carbonyl (C=O) groups is 2. The highest BCUT2D eigenvalue weighted by Gasteiger charge is 2.25. The quantitative estimate of drug-likeness (QED) is 0.509. The number of methoxy groups -OCH3 is 1. The van der Waals surface area contributed by atoms with Gasteiger partial charge in [-0.05, 0) is 44.5 Å². The summed E-state index contributed by atoms with van der Waals surface area (Å²) < 4.78 is 10.1. The minimum atomic E-state index is -0.894. The fraction of sp³-hybridized carbons (Fsp3) is 0.304. The number of alkyl carbamates (subject to hydrolysis) is 1. The SMILES string of the molecule is COC(=O)[C@H](Cc1ccc2nc(-c3c(Cl)cncc3Cl)ccc2c1)NC(=O)OC(C)(C)C. The number of hydrogen-bond donors (Lipinski definition) is 1. The van der Waals surface area contributed by atoms with E-state index in [4.69, 9.17) is 32.7 Å². The van der Waals surface area contributed by atoms with Gasteiger partial charge in [0.05, 0.1) is 28.4 Å². The zero-order valence-electron chi connectivity index (χ0n) is 18.1. The Morgan fingerprint density at radius 3 is 2.41 bits per heavy atom. The number of rotatable bonds is 5. The summed E-state index contributed by atoms with van der Waals surface area (Å²) in [6.45, 7) is 5.24. The molecule has 2 heterocycles. The molecule has 7 nitrogen and oxygen atoms in total. The van der Waals surface area contributed by atoms with Crippen LogP contribution in [0.4, 0.5) is 4.79 Å². The molecule has 0 aliphatic heterocycles. The van der Waals surface area contributed by atoms with E-state index in [0.717, 1.165) is 16.5 Å². The van der Waals surface area contributed by atoms with Crippen molar-refractivity contribution in [1.29, 1.82) is 0 Å². The molecule has 0 aliphatic rings. The Kier molecular flexibility index (Phi) is 7.21. The Hall–Kier alpha value is -2.90. The van der Waals surface area contributed by atoms with E-state index in [1.807, 2.05) is 30.3 Å². The molecule has 1 atom stereocenters. The van der Waals surface area contributed by atoms with Crippen molar-refractivity contribution in [2.45, 2.75) is 38.8 Å². The van der Waals surface area contributed by atoms with Crippen LogP contribution in [0, 0.1) is 0 Å². The van der Waals surface area contributed by atoms with E-state index in [1.54, 1.807) is 20.8 Å². The molecule has 0 aliphatic carbocycles. The summed E-state index contributed by atoms with van der Waals surface area (Å²) in [5.41, 5.74) is 2.10. The summed E-state index contributed by atoms with van der Waals surface area (Å²) >= 11 is 12.5. The molecule has 0 unspecified atom stereocenters. The highest BCUT2D eigenvalue weighted by atomic mass is 35.5. The summed E-state index contributed by atoms with van der Waals surface area (Å²) in [7, 11) is 1.27. The predicted octanol–water partition coefficient (Wildman–Crippen LogP) is 5.21. The third kappa shape index (κ3) is 5.87. The lowest BCUT2D eigenvalue weighted by molar-refractivity contribution is -0.143. The van der Waals surface area contributed by atoms with Crippen molar-refractivity contribution in [1.82, 2.24) is 15.3 Å². The molecule has 168 valence electrons. The minimum Gasteiger partial charge on any atom is -0.467 e.